The van der Waals surface area contributed by atoms with Crippen LogP contribution in [0.15, 0.2) is 82.1 Å². The number of likely N-dealkylation sites (tertiary alicyclic amines) is 1. The maximum atomic E-state index is 13.3. The molecular formula is C35H37F3N4O5S. The molecule has 0 bridgehead atoms. The van der Waals surface area contributed by atoms with Crippen LogP contribution in [0.3, 0.4) is 0 Å². The molecule has 6 rings (SSSR count). The Bertz CT molecular complexity index is 1910. The quantitative estimate of drug-likeness (QED) is 0.272. The average Bonchev–Trinajstić information content (AvgIpc) is 3.49. The molecular weight excluding hydrogens is 645 g/mol. The highest BCUT2D eigenvalue weighted by molar-refractivity contribution is 7.90. The fourth-order valence-electron chi connectivity index (χ4n) is 6.31. The van der Waals surface area contributed by atoms with Crippen LogP contribution in [-0.4, -0.2) is 86.5 Å². The lowest BCUT2D eigenvalue weighted by Crippen LogP contribution is -2.48. The summed E-state index contributed by atoms with van der Waals surface area (Å²) in [7, 11) is -3.28. The van der Waals surface area contributed by atoms with Crippen LogP contribution in [0.25, 0.3) is 11.0 Å². The number of nitrogens with zero attached hydrogens (tertiary/aromatic N) is 3. The minimum atomic E-state index is -4.38. The van der Waals surface area contributed by atoms with Crippen molar-refractivity contribution < 1.29 is 35.6 Å². The molecule has 2 aliphatic rings. The summed E-state index contributed by atoms with van der Waals surface area (Å²) in [6, 6.07) is 18.9. The number of piperidine rings is 1. The maximum absolute atomic E-state index is 13.3. The lowest BCUT2D eigenvalue weighted by molar-refractivity contribution is -0.137. The van der Waals surface area contributed by atoms with E-state index in [4.69, 9.17) is 4.42 Å². The number of furan rings is 1. The first-order chi connectivity index (χ1) is 22.8. The number of amides is 2. The topological polar surface area (TPSA) is 103 Å². The van der Waals surface area contributed by atoms with E-state index in [9.17, 15) is 31.2 Å². The molecule has 1 N–H and O–H groups in total. The zero-order valence-electron chi connectivity index (χ0n) is 26.5. The number of alkyl halides is 3. The second-order valence-corrected chi connectivity index (χ2v) is 14.6. The van der Waals surface area contributed by atoms with Crippen molar-refractivity contribution in [2.75, 3.05) is 45.5 Å². The van der Waals surface area contributed by atoms with Crippen LogP contribution < -0.4 is 5.32 Å². The lowest BCUT2D eigenvalue weighted by Gasteiger charge is -2.34. The Morgan fingerprint density at radius 3 is 2.15 bits per heavy atom. The average molecular weight is 683 g/mol. The van der Waals surface area contributed by atoms with Crippen molar-refractivity contribution in [3.05, 3.63) is 101 Å². The molecule has 2 amide bonds. The molecule has 2 aliphatic heterocycles. The fraction of sp³-hybridized carbons (Fsp3) is 0.371. The molecule has 3 aromatic carbocycles. The van der Waals surface area contributed by atoms with Gasteiger partial charge in [-0.25, -0.2) is 8.42 Å². The Kier molecular flexibility index (Phi) is 9.64. The smallest absolute Gasteiger partial charge is 0.416 e. The molecule has 3 heterocycles. The minimum Gasteiger partial charge on any atom is -0.451 e. The highest BCUT2D eigenvalue weighted by Crippen LogP contribution is 2.30. The molecule has 0 radical (unpaired) electrons. The molecule has 0 aliphatic carbocycles. The molecule has 4 aromatic rings. The molecule has 254 valence electrons. The van der Waals surface area contributed by atoms with Crippen LogP contribution in [0.5, 0.6) is 0 Å². The van der Waals surface area contributed by atoms with Crippen molar-refractivity contribution in [1.29, 1.82) is 0 Å². The van der Waals surface area contributed by atoms with Crippen LogP contribution in [0.4, 0.5) is 13.2 Å². The fourth-order valence-corrected chi connectivity index (χ4v) is 7.00. The van der Waals surface area contributed by atoms with Gasteiger partial charge in [0.05, 0.1) is 10.5 Å². The Hall–Kier alpha value is -4.20. The SMILES string of the molecule is CS(=O)(=O)c1cccc(CN2CCN(C(=O)c3ccc4oc(C(=O)NC5CCN(Cc6cccc(C(F)(F)F)c6)CC5)cc4c3)CC2)c1. The summed E-state index contributed by atoms with van der Waals surface area (Å²) < 4.78 is 68.8. The number of rotatable bonds is 8. The standard InChI is InChI=1S/C35H37F3N4O5S/c1-48(45,46)30-7-3-5-25(19-30)23-41-14-16-42(17-15-41)34(44)26-8-9-31-27(20-26)21-32(47-31)33(43)39-29-10-12-40(13-11-29)22-24-4-2-6-28(18-24)35(36,37)38/h2-9,18-21,29H,10-17,22-23H2,1H3,(H,39,43). The number of halogens is 3. The van der Waals surface area contributed by atoms with Gasteiger partial charge in [0.15, 0.2) is 15.6 Å². The summed E-state index contributed by atoms with van der Waals surface area (Å²) in [5, 5.41) is 3.66. The van der Waals surface area contributed by atoms with Gasteiger partial charge >= 0.3 is 6.18 Å². The van der Waals surface area contributed by atoms with Crippen molar-refractivity contribution in [2.45, 2.75) is 43.0 Å². The summed E-state index contributed by atoms with van der Waals surface area (Å²) >= 11 is 0. The van der Waals surface area contributed by atoms with E-state index in [-0.39, 0.29) is 23.6 Å². The molecule has 0 unspecified atom stereocenters. The number of hydrogen-bond acceptors (Lipinski definition) is 7. The third-order valence-corrected chi connectivity index (χ3v) is 10.1. The number of piperazine rings is 1. The monoisotopic (exact) mass is 682 g/mol. The number of benzene rings is 3. The molecule has 9 nitrogen and oxygen atoms in total. The van der Waals surface area contributed by atoms with Crippen molar-refractivity contribution in [1.82, 2.24) is 20.0 Å². The van der Waals surface area contributed by atoms with E-state index in [0.717, 1.165) is 11.6 Å². The predicted molar refractivity (Wildman–Crippen MR) is 174 cm³/mol. The highest BCUT2D eigenvalue weighted by Gasteiger charge is 2.31. The van der Waals surface area contributed by atoms with Gasteiger partial charge in [-0.05, 0) is 66.4 Å². The Labute approximate surface area is 277 Å². The second-order valence-electron chi connectivity index (χ2n) is 12.6. The number of carbonyl (C=O) groups excluding carboxylic acids is 2. The first kappa shape index (κ1) is 33.7. The molecule has 1 aromatic heterocycles. The Morgan fingerprint density at radius 1 is 0.833 bits per heavy atom. The van der Waals surface area contributed by atoms with Crippen molar-refractivity contribution in [3.63, 3.8) is 0 Å². The van der Waals surface area contributed by atoms with Gasteiger partial charge in [0.2, 0.25) is 0 Å². The maximum Gasteiger partial charge on any atom is 0.416 e. The van der Waals surface area contributed by atoms with Crippen LogP contribution >= 0.6 is 0 Å². The lowest BCUT2D eigenvalue weighted by atomic mass is 10.0. The summed E-state index contributed by atoms with van der Waals surface area (Å²) in [6.07, 6.45) is -1.87. The number of nitrogens with one attached hydrogen (secondary N) is 1. The minimum absolute atomic E-state index is 0.0945. The van der Waals surface area contributed by atoms with E-state index < -0.39 is 21.6 Å². The number of fused-ring (bicyclic) bond motifs is 1. The van der Waals surface area contributed by atoms with Crippen LogP contribution in [0.1, 0.15) is 50.4 Å². The van der Waals surface area contributed by atoms with Crippen LogP contribution in [-0.2, 0) is 29.1 Å². The van der Waals surface area contributed by atoms with Gasteiger partial charge < -0.3 is 14.6 Å². The number of hydrogen-bond donors (Lipinski definition) is 1. The second kappa shape index (κ2) is 13.7. The molecule has 0 saturated carbocycles. The van der Waals surface area contributed by atoms with Crippen LogP contribution in [0, 0.1) is 0 Å². The Balaban J connectivity index is 0.995. The Morgan fingerprint density at radius 2 is 1.48 bits per heavy atom. The summed E-state index contributed by atoms with van der Waals surface area (Å²) in [5.74, 6) is -0.317. The van der Waals surface area contributed by atoms with Crippen molar-refractivity contribution >= 4 is 32.6 Å². The van der Waals surface area contributed by atoms with E-state index in [1.165, 1.54) is 18.4 Å². The summed E-state index contributed by atoms with van der Waals surface area (Å²) in [5.41, 5.74) is 1.84. The van der Waals surface area contributed by atoms with Gasteiger partial charge in [0.1, 0.15) is 5.58 Å². The van der Waals surface area contributed by atoms with Crippen molar-refractivity contribution in [3.8, 4) is 0 Å². The largest absolute Gasteiger partial charge is 0.451 e. The highest BCUT2D eigenvalue weighted by atomic mass is 32.2. The van der Waals surface area contributed by atoms with Gasteiger partial charge in [-0.15, -0.1) is 0 Å². The third-order valence-electron chi connectivity index (χ3n) is 8.96. The number of carbonyl (C=O) groups is 2. The van der Waals surface area contributed by atoms with E-state index in [2.05, 4.69) is 15.1 Å². The van der Waals surface area contributed by atoms with Gasteiger partial charge in [-0.1, -0.05) is 30.3 Å². The first-order valence-electron chi connectivity index (χ1n) is 15.9. The van der Waals surface area contributed by atoms with Crippen molar-refractivity contribution in [2.24, 2.45) is 0 Å². The molecule has 0 spiro atoms. The van der Waals surface area contributed by atoms with E-state index in [1.54, 1.807) is 53.4 Å². The molecule has 0 atom stereocenters. The summed E-state index contributed by atoms with van der Waals surface area (Å²) in [6.45, 7) is 4.63. The van der Waals surface area contributed by atoms with E-state index in [1.807, 2.05) is 6.07 Å². The number of sulfone groups is 1. The zero-order chi connectivity index (χ0) is 34.1. The normalized spacial score (nSPS) is 17.1. The molecule has 48 heavy (non-hydrogen) atoms. The zero-order valence-corrected chi connectivity index (χ0v) is 27.3. The molecule has 2 fully saturated rings. The van der Waals surface area contributed by atoms with Gasteiger partial charge in [-0.2, -0.15) is 13.2 Å². The van der Waals surface area contributed by atoms with E-state index >= 15 is 0 Å². The predicted octanol–water partition coefficient (Wildman–Crippen LogP) is 5.21. The third kappa shape index (κ3) is 8.08. The summed E-state index contributed by atoms with van der Waals surface area (Å²) in [4.78, 5) is 32.7. The van der Waals surface area contributed by atoms with Gasteiger partial charge in [0.25, 0.3) is 11.8 Å². The molecule has 13 heteroatoms. The van der Waals surface area contributed by atoms with Gasteiger partial charge in [0, 0.05) is 75.6 Å². The van der Waals surface area contributed by atoms with Crippen LogP contribution in [0.2, 0.25) is 0 Å². The van der Waals surface area contributed by atoms with E-state index in [0.29, 0.717) is 92.2 Å². The first-order valence-corrected chi connectivity index (χ1v) is 17.7. The molecule has 2 saturated heterocycles. The van der Waals surface area contributed by atoms with Gasteiger partial charge in [-0.3, -0.25) is 19.4 Å².